The Morgan fingerprint density at radius 1 is 0.815 bits per heavy atom. The first-order valence-electron chi connectivity index (χ1n) is 10.9. The third kappa shape index (κ3) is 6.51. The van der Waals surface area contributed by atoms with Gasteiger partial charge < -0.3 is 4.42 Å². The lowest BCUT2D eigenvalue weighted by Gasteiger charge is -2.14. The maximum absolute atomic E-state index is 11.9. The largest absolute Gasteiger partial charge is 0.446 e. The van der Waals surface area contributed by atoms with Crippen LogP contribution in [-0.2, 0) is 11.2 Å². The highest BCUT2D eigenvalue weighted by Crippen LogP contribution is 2.24. The van der Waals surface area contributed by atoms with E-state index < -0.39 is 5.91 Å². The van der Waals surface area contributed by atoms with Crippen LogP contribution in [0.2, 0.25) is 5.82 Å². The molecule has 147 valence electrons. The third-order valence-corrected chi connectivity index (χ3v) is 5.78. The average molecular weight is 371 g/mol. The fourth-order valence-electron chi connectivity index (χ4n) is 4.21. The van der Waals surface area contributed by atoms with Crippen LogP contribution in [0.15, 0.2) is 4.42 Å². The summed E-state index contributed by atoms with van der Waals surface area (Å²) in [6.45, 7) is 0. The summed E-state index contributed by atoms with van der Waals surface area (Å²) in [5.41, 5.74) is 0.479. The summed E-state index contributed by atoms with van der Waals surface area (Å²) in [4.78, 5) is 27.8. The molecule has 1 aliphatic heterocycles. The molecule has 1 fully saturated rings. The molecule has 5 nitrogen and oxygen atoms in total. The summed E-state index contributed by atoms with van der Waals surface area (Å²) >= 11 is 0. The molecule has 0 saturated heterocycles. The molecule has 1 saturated carbocycles. The zero-order valence-electron chi connectivity index (χ0n) is 16.4. The minimum Gasteiger partial charge on any atom is -0.446 e. The smallest absolute Gasteiger partial charge is 0.295 e. The highest BCUT2D eigenvalue weighted by molar-refractivity contribution is 6.52. The Labute approximate surface area is 163 Å². The van der Waals surface area contributed by atoms with Crippen molar-refractivity contribution in [2.24, 2.45) is 0 Å². The predicted octanol–water partition coefficient (Wildman–Crippen LogP) is 4.08. The van der Waals surface area contributed by atoms with E-state index in [0.29, 0.717) is 17.3 Å². The molecule has 1 N–H and O–H groups in total. The van der Waals surface area contributed by atoms with E-state index in [1.807, 2.05) is 0 Å². The number of carbonyl (C=O) groups excluding carboxylic acids is 2. The van der Waals surface area contributed by atoms with Crippen molar-refractivity contribution < 1.29 is 14.0 Å². The summed E-state index contributed by atoms with van der Waals surface area (Å²) in [5.74, 6) is 0.386. The highest BCUT2D eigenvalue weighted by atomic mass is 16.4. The molecule has 27 heavy (non-hydrogen) atoms. The standard InChI is InChI=1S/C21H32BN2O3/c25-18-15-17-19(20(26)24-18)27-21(23-17)22-16-13-11-9-7-5-3-1-2-4-6-8-10-12-14-16/h16H,1-15H2,(H,24,25,26). The van der Waals surface area contributed by atoms with Gasteiger partial charge in [0.05, 0.1) is 6.42 Å². The number of nitrogens with zero attached hydrogens (tertiary/aromatic N) is 1. The molecule has 0 aromatic carbocycles. The lowest BCUT2D eigenvalue weighted by atomic mass is 9.60. The van der Waals surface area contributed by atoms with Gasteiger partial charge in [-0.2, -0.15) is 0 Å². The van der Waals surface area contributed by atoms with Gasteiger partial charge >= 0.3 is 0 Å². The van der Waals surface area contributed by atoms with Crippen LogP contribution in [0.4, 0.5) is 0 Å². The molecule has 6 heteroatoms. The van der Waals surface area contributed by atoms with Crippen LogP contribution in [0.1, 0.15) is 106 Å². The topological polar surface area (TPSA) is 72.2 Å². The number of imide groups is 1. The maximum Gasteiger partial charge on any atom is 0.295 e. The normalized spacial score (nSPS) is 21.6. The lowest BCUT2D eigenvalue weighted by Crippen LogP contribution is -2.36. The van der Waals surface area contributed by atoms with E-state index in [1.54, 1.807) is 0 Å². The number of amides is 2. The van der Waals surface area contributed by atoms with E-state index in [1.165, 1.54) is 77.0 Å². The van der Waals surface area contributed by atoms with Crippen LogP contribution < -0.4 is 11.1 Å². The molecule has 2 aliphatic rings. The SMILES string of the molecule is O=C1Cc2nc([B]C3CCCCCCCCCCCCCC3)oc2C(=O)N1. The molecule has 3 rings (SSSR count). The van der Waals surface area contributed by atoms with Gasteiger partial charge in [0, 0.05) is 0 Å². The second-order valence-corrected chi connectivity index (χ2v) is 8.13. The molecule has 1 aliphatic carbocycles. The van der Waals surface area contributed by atoms with Gasteiger partial charge in [0.25, 0.3) is 5.91 Å². The molecular formula is C21H32BN2O3. The molecule has 0 bridgehead atoms. The van der Waals surface area contributed by atoms with E-state index in [0.717, 1.165) is 12.8 Å². The highest BCUT2D eigenvalue weighted by Gasteiger charge is 2.29. The monoisotopic (exact) mass is 371 g/mol. The van der Waals surface area contributed by atoms with Crippen molar-refractivity contribution in [1.29, 1.82) is 0 Å². The van der Waals surface area contributed by atoms with Gasteiger partial charge in [-0.05, 0) is 0 Å². The molecule has 2 heterocycles. The average Bonchev–Trinajstić information content (AvgIpc) is 3.03. The van der Waals surface area contributed by atoms with E-state index in [-0.39, 0.29) is 18.1 Å². The van der Waals surface area contributed by atoms with E-state index in [4.69, 9.17) is 4.42 Å². The fraction of sp³-hybridized carbons (Fsp3) is 0.762. The van der Waals surface area contributed by atoms with Crippen molar-refractivity contribution in [2.75, 3.05) is 0 Å². The number of hydrogen-bond acceptors (Lipinski definition) is 4. The first-order chi connectivity index (χ1) is 13.2. The van der Waals surface area contributed by atoms with Crippen LogP contribution in [0, 0.1) is 0 Å². The first-order valence-corrected chi connectivity index (χ1v) is 10.9. The van der Waals surface area contributed by atoms with Gasteiger partial charge in [-0.25, -0.2) is 4.98 Å². The summed E-state index contributed by atoms with van der Waals surface area (Å²) in [6, 6.07) is 0. The molecule has 0 spiro atoms. The predicted molar refractivity (Wildman–Crippen MR) is 106 cm³/mol. The summed E-state index contributed by atoms with van der Waals surface area (Å²) in [7, 11) is 2.09. The van der Waals surface area contributed by atoms with Crippen LogP contribution in [0.25, 0.3) is 0 Å². The summed E-state index contributed by atoms with van der Waals surface area (Å²) in [6.07, 6.45) is 18.5. The molecule has 0 unspecified atom stereocenters. The minimum absolute atomic E-state index is 0.128. The quantitative estimate of drug-likeness (QED) is 0.628. The third-order valence-electron chi connectivity index (χ3n) is 5.78. The van der Waals surface area contributed by atoms with Crippen molar-refractivity contribution in [1.82, 2.24) is 10.3 Å². The Morgan fingerprint density at radius 2 is 1.33 bits per heavy atom. The number of fused-ring (bicyclic) bond motifs is 1. The summed E-state index contributed by atoms with van der Waals surface area (Å²) < 4.78 is 5.66. The molecule has 2 amide bonds. The first kappa shape index (κ1) is 20.2. The molecule has 1 aromatic rings. The van der Waals surface area contributed by atoms with Gasteiger partial charge in [-0.3, -0.25) is 14.9 Å². The van der Waals surface area contributed by atoms with Crippen molar-refractivity contribution in [3.8, 4) is 0 Å². The van der Waals surface area contributed by atoms with Gasteiger partial charge in [0.15, 0.2) is 0 Å². The van der Waals surface area contributed by atoms with Gasteiger partial charge in [0.1, 0.15) is 11.5 Å². The van der Waals surface area contributed by atoms with E-state index in [2.05, 4.69) is 17.6 Å². The van der Waals surface area contributed by atoms with E-state index >= 15 is 0 Å². The van der Waals surface area contributed by atoms with Gasteiger partial charge in [-0.15, -0.1) is 0 Å². The Balaban J connectivity index is 1.56. The van der Waals surface area contributed by atoms with Crippen molar-refractivity contribution in [2.45, 2.75) is 102 Å². The molecule has 0 atom stereocenters. The number of carbonyl (C=O) groups is 2. The molecule has 1 aromatic heterocycles. The molecular weight excluding hydrogens is 339 g/mol. The van der Waals surface area contributed by atoms with Crippen LogP contribution >= 0.6 is 0 Å². The van der Waals surface area contributed by atoms with Crippen LogP contribution in [0.5, 0.6) is 0 Å². The number of hydrogen-bond donors (Lipinski definition) is 1. The maximum atomic E-state index is 11.9. The minimum atomic E-state index is -0.463. The summed E-state index contributed by atoms with van der Waals surface area (Å²) in [5, 5.41) is 2.29. The van der Waals surface area contributed by atoms with Crippen LogP contribution in [0.3, 0.4) is 0 Å². The number of rotatable bonds is 2. The van der Waals surface area contributed by atoms with Crippen LogP contribution in [-0.4, -0.2) is 24.1 Å². The van der Waals surface area contributed by atoms with Crippen molar-refractivity contribution in [3.05, 3.63) is 11.5 Å². The second kappa shape index (κ2) is 10.7. The lowest BCUT2D eigenvalue weighted by molar-refractivity contribution is -0.119. The number of nitrogens with one attached hydrogen (secondary N) is 1. The molecule has 1 radical (unpaired) electrons. The Morgan fingerprint density at radius 3 is 1.89 bits per heavy atom. The fourth-order valence-corrected chi connectivity index (χ4v) is 4.21. The Kier molecular flexibility index (Phi) is 7.97. The Hall–Kier alpha value is -1.59. The van der Waals surface area contributed by atoms with Crippen molar-refractivity contribution >= 4 is 24.9 Å². The zero-order valence-corrected chi connectivity index (χ0v) is 16.4. The van der Waals surface area contributed by atoms with E-state index in [9.17, 15) is 9.59 Å². The van der Waals surface area contributed by atoms with Crippen molar-refractivity contribution in [3.63, 3.8) is 0 Å². The second-order valence-electron chi connectivity index (χ2n) is 8.13. The Bertz CT molecular complexity index is 613. The zero-order chi connectivity index (χ0) is 18.9. The number of aromatic nitrogens is 1. The van der Waals surface area contributed by atoms with Gasteiger partial charge in [0.2, 0.25) is 18.9 Å². The van der Waals surface area contributed by atoms with Gasteiger partial charge in [-0.1, -0.05) is 95.7 Å². The number of oxazole rings is 1.